The van der Waals surface area contributed by atoms with Gasteiger partial charge in [0.15, 0.2) is 16.6 Å². The van der Waals surface area contributed by atoms with E-state index in [1.54, 1.807) is 0 Å². The van der Waals surface area contributed by atoms with E-state index >= 15 is 0 Å². The van der Waals surface area contributed by atoms with Crippen molar-refractivity contribution in [3.8, 4) is 0 Å². The van der Waals surface area contributed by atoms with Crippen LogP contribution in [0.1, 0.15) is 96.3 Å². The maximum Gasteiger partial charge on any atom is 0.325 e. The maximum absolute atomic E-state index is 7.90. The summed E-state index contributed by atoms with van der Waals surface area (Å²) < 4.78 is 22.7. The summed E-state index contributed by atoms with van der Waals surface area (Å²) >= 11 is 0. The van der Waals surface area contributed by atoms with Gasteiger partial charge in [0.1, 0.15) is 0 Å². The third-order valence-corrected chi connectivity index (χ3v) is 24.2. The zero-order valence-corrected chi connectivity index (χ0v) is 26.6. The van der Waals surface area contributed by atoms with Gasteiger partial charge in [0.05, 0.1) is 0 Å². The van der Waals surface area contributed by atoms with Crippen LogP contribution in [0.2, 0.25) is 62.5 Å². The Hall–Kier alpha value is 0.748. The standard InChI is InChI=1S/C25H54O3Si4/c1-29(2,3)26-31(7,23-17-11-8-12-18-23)28-32(27-30(4,5)6,24-19-13-9-14-20-24)25-21-15-10-16-22-25/h23-25H,8-22H2,1-7H3. The van der Waals surface area contributed by atoms with Crippen LogP contribution >= 0.6 is 0 Å². The van der Waals surface area contributed by atoms with Crippen molar-refractivity contribution in [2.45, 2.75) is 159 Å². The van der Waals surface area contributed by atoms with Crippen LogP contribution in [0.5, 0.6) is 0 Å². The number of rotatable bonds is 9. The van der Waals surface area contributed by atoms with E-state index in [9.17, 15) is 0 Å². The van der Waals surface area contributed by atoms with Crippen molar-refractivity contribution < 1.29 is 12.3 Å². The summed E-state index contributed by atoms with van der Waals surface area (Å²) in [4.78, 5) is 0. The first kappa shape index (κ1) is 27.3. The summed E-state index contributed by atoms with van der Waals surface area (Å²) in [6, 6.07) is 0. The van der Waals surface area contributed by atoms with Gasteiger partial charge in [-0.3, -0.25) is 0 Å². The van der Waals surface area contributed by atoms with E-state index in [4.69, 9.17) is 12.3 Å². The second-order valence-electron chi connectivity index (χ2n) is 13.3. The largest absolute Gasteiger partial charge is 0.436 e. The smallest absolute Gasteiger partial charge is 0.325 e. The van der Waals surface area contributed by atoms with Crippen molar-refractivity contribution in [2.75, 3.05) is 0 Å². The van der Waals surface area contributed by atoms with Crippen LogP contribution in [0.3, 0.4) is 0 Å². The molecule has 3 aliphatic rings. The Labute approximate surface area is 204 Å². The highest BCUT2D eigenvalue weighted by Crippen LogP contribution is 2.53. The molecule has 3 nitrogen and oxygen atoms in total. The first-order valence-corrected chi connectivity index (χ1v) is 25.2. The predicted molar refractivity (Wildman–Crippen MR) is 148 cm³/mol. The second-order valence-corrected chi connectivity index (χ2v) is 30.1. The molecule has 0 aromatic heterocycles. The molecule has 188 valence electrons. The molecule has 0 spiro atoms. The minimum atomic E-state index is -2.43. The van der Waals surface area contributed by atoms with E-state index in [0.717, 1.165) is 0 Å². The molecule has 3 rings (SSSR count). The van der Waals surface area contributed by atoms with Gasteiger partial charge in [-0.2, -0.15) is 0 Å². The van der Waals surface area contributed by atoms with Crippen molar-refractivity contribution in [1.82, 2.24) is 0 Å². The first-order chi connectivity index (χ1) is 14.9. The summed E-state index contributed by atoms with van der Waals surface area (Å²) in [5.41, 5.74) is 2.03. The second kappa shape index (κ2) is 11.2. The molecule has 1 unspecified atom stereocenters. The molecule has 3 aliphatic carbocycles. The predicted octanol–water partition coefficient (Wildman–Crippen LogP) is 9.22. The lowest BCUT2D eigenvalue weighted by Crippen LogP contribution is -2.65. The van der Waals surface area contributed by atoms with Crippen LogP contribution in [0, 0.1) is 0 Å². The molecule has 0 aliphatic heterocycles. The molecule has 0 bridgehead atoms. The van der Waals surface area contributed by atoms with E-state index in [0.29, 0.717) is 16.6 Å². The lowest BCUT2D eigenvalue weighted by Gasteiger charge is -2.54. The lowest BCUT2D eigenvalue weighted by molar-refractivity contribution is 0.241. The molecular formula is C25H54O3Si4. The Morgan fingerprint density at radius 2 is 0.750 bits per heavy atom. The lowest BCUT2D eigenvalue weighted by atomic mass is 9.99. The Morgan fingerprint density at radius 1 is 0.406 bits per heavy atom. The number of hydrogen-bond donors (Lipinski definition) is 0. The van der Waals surface area contributed by atoms with Crippen molar-refractivity contribution in [3.05, 3.63) is 0 Å². The van der Waals surface area contributed by atoms with Crippen LogP contribution < -0.4 is 0 Å². The number of hydrogen-bond acceptors (Lipinski definition) is 3. The molecular weight excluding hydrogens is 461 g/mol. The third kappa shape index (κ3) is 7.37. The van der Waals surface area contributed by atoms with E-state index in [1.165, 1.54) is 96.3 Å². The quantitative estimate of drug-likeness (QED) is 0.287. The van der Waals surface area contributed by atoms with E-state index < -0.39 is 33.8 Å². The SMILES string of the molecule is C[Si](C)(C)O[Si](C)(O[Si](O[Si](C)(C)C)(C1CCCCC1)C1CCCCC1)C1CCCCC1. The Morgan fingerprint density at radius 3 is 1.09 bits per heavy atom. The van der Waals surface area contributed by atoms with Gasteiger partial charge in [0, 0.05) is 16.6 Å². The van der Waals surface area contributed by atoms with Crippen LogP contribution in [-0.4, -0.2) is 33.8 Å². The average molecular weight is 515 g/mol. The minimum absolute atomic E-state index is 0.660. The van der Waals surface area contributed by atoms with Gasteiger partial charge < -0.3 is 12.3 Å². The van der Waals surface area contributed by atoms with Crippen LogP contribution in [0.4, 0.5) is 0 Å². The van der Waals surface area contributed by atoms with Gasteiger partial charge in [-0.25, -0.2) is 0 Å². The van der Waals surface area contributed by atoms with Gasteiger partial charge in [0.2, 0.25) is 0 Å². The van der Waals surface area contributed by atoms with E-state index in [1.807, 2.05) is 0 Å². The average Bonchev–Trinajstić information content (AvgIpc) is 2.73. The monoisotopic (exact) mass is 514 g/mol. The Bertz CT molecular complexity index is 553. The van der Waals surface area contributed by atoms with Crippen molar-refractivity contribution in [2.24, 2.45) is 0 Å². The highest BCUT2D eigenvalue weighted by atomic mass is 28.5. The van der Waals surface area contributed by atoms with E-state index in [-0.39, 0.29) is 0 Å². The van der Waals surface area contributed by atoms with E-state index in [2.05, 4.69) is 45.8 Å². The molecule has 0 N–H and O–H groups in total. The zero-order valence-electron chi connectivity index (χ0n) is 22.6. The highest BCUT2D eigenvalue weighted by molar-refractivity contribution is 6.91. The van der Waals surface area contributed by atoms with Gasteiger partial charge in [-0.15, -0.1) is 0 Å². The van der Waals surface area contributed by atoms with Crippen molar-refractivity contribution >= 4 is 33.8 Å². The zero-order chi connectivity index (χ0) is 23.5. The van der Waals surface area contributed by atoms with Crippen LogP contribution in [0.25, 0.3) is 0 Å². The molecule has 0 heterocycles. The molecule has 3 saturated carbocycles. The molecule has 3 fully saturated rings. The summed E-state index contributed by atoms with van der Waals surface area (Å²) in [5.74, 6) is 0. The van der Waals surface area contributed by atoms with Crippen molar-refractivity contribution in [3.63, 3.8) is 0 Å². The highest BCUT2D eigenvalue weighted by Gasteiger charge is 2.60. The molecule has 0 radical (unpaired) electrons. The molecule has 1 atom stereocenters. The molecule has 7 heteroatoms. The fourth-order valence-corrected chi connectivity index (χ4v) is 27.8. The van der Waals surface area contributed by atoms with Gasteiger partial charge >= 0.3 is 17.1 Å². The van der Waals surface area contributed by atoms with Gasteiger partial charge in [0.25, 0.3) is 0 Å². The Balaban J connectivity index is 2.04. The summed E-state index contributed by atoms with van der Waals surface area (Å²) in [6.07, 6.45) is 20.4. The fourth-order valence-electron chi connectivity index (χ4n) is 6.92. The molecule has 32 heavy (non-hydrogen) atoms. The summed E-state index contributed by atoms with van der Waals surface area (Å²) in [6.45, 7) is 16.9. The van der Waals surface area contributed by atoms with Crippen molar-refractivity contribution in [1.29, 1.82) is 0 Å². The molecule has 0 aromatic carbocycles. The first-order valence-electron chi connectivity index (χ1n) is 14.0. The third-order valence-electron chi connectivity index (χ3n) is 8.03. The van der Waals surface area contributed by atoms with Gasteiger partial charge in [-0.1, -0.05) is 57.8 Å². The van der Waals surface area contributed by atoms with Crippen LogP contribution in [-0.2, 0) is 12.3 Å². The molecule has 0 aromatic rings. The summed E-state index contributed by atoms with van der Waals surface area (Å²) in [7, 11) is -8.27. The fraction of sp³-hybridized carbons (Fsp3) is 1.00. The molecule has 0 saturated heterocycles. The summed E-state index contributed by atoms with van der Waals surface area (Å²) in [5, 5.41) is 0. The van der Waals surface area contributed by atoms with Crippen LogP contribution in [0.15, 0.2) is 0 Å². The minimum Gasteiger partial charge on any atom is -0.436 e. The molecule has 0 amide bonds. The Kier molecular flexibility index (Phi) is 9.58. The van der Waals surface area contributed by atoms with Gasteiger partial charge in [-0.05, 0) is 84.4 Å². The topological polar surface area (TPSA) is 27.7 Å². The maximum atomic E-state index is 7.90. The normalized spacial score (nSPS) is 25.6.